The van der Waals surface area contributed by atoms with Crippen LogP contribution >= 0.6 is 0 Å². The maximum atomic E-state index is 5.70. The minimum atomic E-state index is 0.345. The second kappa shape index (κ2) is 10.1. The van der Waals surface area contributed by atoms with Crippen LogP contribution < -0.4 is 10.2 Å². The Morgan fingerprint density at radius 2 is 1.70 bits per heavy atom. The van der Waals surface area contributed by atoms with Crippen LogP contribution in [0.4, 0.5) is 5.69 Å². The summed E-state index contributed by atoms with van der Waals surface area (Å²) in [5.74, 6) is 1.02. The molecule has 0 radical (unpaired) electrons. The van der Waals surface area contributed by atoms with E-state index in [1.807, 2.05) is 7.05 Å². The Morgan fingerprint density at radius 1 is 0.939 bits per heavy atom. The standard InChI is InChI=1S/C27H37N5O/c1-28-26(32-13-11-27(21-32)12-18-33-22-27)29-19-23-7-5-6-8-24(23)20-30-14-16-31(17-15-30)25-9-3-2-4-10-25/h2-10H,11-22H2,1H3,(H,28,29). The highest BCUT2D eigenvalue weighted by Gasteiger charge is 2.42. The number of hydrogen-bond donors (Lipinski definition) is 1. The molecule has 0 saturated carbocycles. The van der Waals surface area contributed by atoms with Crippen molar-refractivity contribution in [1.29, 1.82) is 0 Å². The summed E-state index contributed by atoms with van der Waals surface area (Å²) in [5, 5.41) is 3.65. The number of piperazine rings is 1. The Labute approximate surface area is 198 Å². The highest BCUT2D eigenvalue weighted by atomic mass is 16.5. The average molecular weight is 448 g/mol. The molecule has 0 amide bonds. The van der Waals surface area contributed by atoms with E-state index in [0.29, 0.717) is 5.41 Å². The summed E-state index contributed by atoms with van der Waals surface area (Å²) in [5.41, 5.74) is 4.45. The number of likely N-dealkylation sites (tertiary alicyclic amines) is 1. The molecule has 6 nitrogen and oxygen atoms in total. The van der Waals surface area contributed by atoms with Gasteiger partial charge in [0.05, 0.1) is 6.61 Å². The lowest BCUT2D eigenvalue weighted by atomic mass is 9.87. The predicted octanol–water partition coefficient (Wildman–Crippen LogP) is 3.20. The first kappa shape index (κ1) is 22.2. The Kier molecular flexibility index (Phi) is 6.83. The summed E-state index contributed by atoms with van der Waals surface area (Å²) in [6.07, 6.45) is 2.39. The maximum Gasteiger partial charge on any atom is 0.193 e. The van der Waals surface area contributed by atoms with E-state index in [1.165, 1.54) is 29.7 Å². The van der Waals surface area contributed by atoms with Gasteiger partial charge in [0.2, 0.25) is 0 Å². The zero-order chi connectivity index (χ0) is 22.5. The number of nitrogens with zero attached hydrogens (tertiary/aromatic N) is 4. The Bertz CT molecular complexity index is 933. The zero-order valence-electron chi connectivity index (χ0n) is 19.9. The van der Waals surface area contributed by atoms with Crippen molar-refractivity contribution in [2.45, 2.75) is 25.9 Å². The Balaban J connectivity index is 1.16. The third-order valence-corrected chi connectivity index (χ3v) is 7.58. The quantitative estimate of drug-likeness (QED) is 0.563. The number of anilines is 1. The summed E-state index contributed by atoms with van der Waals surface area (Å²) < 4.78 is 5.70. The Morgan fingerprint density at radius 3 is 2.42 bits per heavy atom. The molecule has 33 heavy (non-hydrogen) atoms. The van der Waals surface area contributed by atoms with Crippen LogP contribution in [0.15, 0.2) is 59.6 Å². The third-order valence-electron chi connectivity index (χ3n) is 7.58. The fraction of sp³-hybridized carbons (Fsp3) is 0.519. The first-order chi connectivity index (χ1) is 16.2. The molecule has 0 aromatic heterocycles. The van der Waals surface area contributed by atoms with Gasteiger partial charge >= 0.3 is 0 Å². The fourth-order valence-corrected chi connectivity index (χ4v) is 5.52. The van der Waals surface area contributed by atoms with Crippen molar-refractivity contribution in [1.82, 2.24) is 15.1 Å². The van der Waals surface area contributed by atoms with Crippen molar-refractivity contribution < 1.29 is 4.74 Å². The molecule has 3 fully saturated rings. The second-order valence-electron chi connectivity index (χ2n) is 9.74. The maximum absolute atomic E-state index is 5.70. The summed E-state index contributed by atoms with van der Waals surface area (Å²) >= 11 is 0. The van der Waals surface area contributed by atoms with Gasteiger partial charge in [-0.1, -0.05) is 42.5 Å². The molecule has 5 rings (SSSR count). The monoisotopic (exact) mass is 447 g/mol. The van der Waals surface area contributed by atoms with Gasteiger partial charge in [0.1, 0.15) is 0 Å². The topological polar surface area (TPSA) is 43.3 Å². The molecule has 3 aliphatic heterocycles. The van der Waals surface area contributed by atoms with Crippen LogP contribution in [0.3, 0.4) is 0 Å². The molecule has 1 N–H and O–H groups in total. The molecule has 1 atom stereocenters. The van der Waals surface area contributed by atoms with Crippen molar-refractivity contribution in [3.8, 4) is 0 Å². The third kappa shape index (κ3) is 5.17. The van der Waals surface area contributed by atoms with Gasteiger partial charge in [-0.25, -0.2) is 0 Å². The number of para-hydroxylation sites is 1. The van der Waals surface area contributed by atoms with Gasteiger partial charge in [0.15, 0.2) is 5.96 Å². The minimum Gasteiger partial charge on any atom is -0.381 e. The number of ether oxygens (including phenoxy) is 1. The van der Waals surface area contributed by atoms with E-state index < -0.39 is 0 Å². The van der Waals surface area contributed by atoms with Crippen LogP contribution in [0.5, 0.6) is 0 Å². The molecule has 0 bridgehead atoms. The smallest absolute Gasteiger partial charge is 0.193 e. The van der Waals surface area contributed by atoms with E-state index in [1.54, 1.807) is 0 Å². The van der Waals surface area contributed by atoms with Crippen LogP contribution in [0.1, 0.15) is 24.0 Å². The van der Waals surface area contributed by atoms with Gasteiger partial charge < -0.3 is 19.9 Å². The van der Waals surface area contributed by atoms with E-state index in [2.05, 4.69) is 79.6 Å². The lowest BCUT2D eigenvalue weighted by Gasteiger charge is -2.36. The van der Waals surface area contributed by atoms with Crippen LogP contribution in [0, 0.1) is 5.41 Å². The summed E-state index contributed by atoms with van der Waals surface area (Å²) in [6, 6.07) is 19.6. The number of guanidine groups is 1. The van der Waals surface area contributed by atoms with Gasteiger partial charge in [0.25, 0.3) is 0 Å². The van der Waals surface area contributed by atoms with Crippen molar-refractivity contribution in [2.24, 2.45) is 10.4 Å². The highest BCUT2D eigenvalue weighted by Crippen LogP contribution is 2.38. The summed E-state index contributed by atoms with van der Waals surface area (Å²) in [4.78, 5) is 12.1. The fourth-order valence-electron chi connectivity index (χ4n) is 5.52. The number of aliphatic imine (C=N–C) groups is 1. The molecule has 3 saturated heterocycles. The van der Waals surface area contributed by atoms with Crippen LogP contribution in [0.2, 0.25) is 0 Å². The van der Waals surface area contributed by atoms with Crippen molar-refractivity contribution >= 4 is 11.6 Å². The molecule has 6 heteroatoms. The molecule has 2 aromatic rings. The summed E-state index contributed by atoms with van der Waals surface area (Å²) in [6.45, 7) is 10.1. The Hall–Kier alpha value is -2.57. The van der Waals surface area contributed by atoms with Crippen LogP contribution in [0.25, 0.3) is 0 Å². The van der Waals surface area contributed by atoms with Gasteiger partial charge in [-0.3, -0.25) is 9.89 Å². The molecule has 1 unspecified atom stereocenters. The first-order valence-electron chi connectivity index (χ1n) is 12.4. The molecule has 1 spiro atoms. The number of rotatable bonds is 5. The number of hydrogen-bond acceptors (Lipinski definition) is 4. The van der Waals surface area contributed by atoms with Gasteiger partial charge in [-0.15, -0.1) is 0 Å². The first-order valence-corrected chi connectivity index (χ1v) is 12.4. The van der Waals surface area contributed by atoms with Crippen molar-refractivity contribution in [3.63, 3.8) is 0 Å². The zero-order valence-corrected chi connectivity index (χ0v) is 19.9. The predicted molar refractivity (Wildman–Crippen MR) is 135 cm³/mol. The van der Waals surface area contributed by atoms with E-state index in [4.69, 9.17) is 4.74 Å². The molecule has 3 aliphatic rings. The van der Waals surface area contributed by atoms with Crippen LogP contribution in [-0.2, 0) is 17.8 Å². The van der Waals surface area contributed by atoms with Crippen molar-refractivity contribution in [3.05, 3.63) is 65.7 Å². The van der Waals surface area contributed by atoms with Gasteiger partial charge in [-0.05, 0) is 36.1 Å². The molecule has 176 valence electrons. The highest BCUT2D eigenvalue weighted by molar-refractivity contribution is 5.80. The van der Waals surface area contributed by atoms with Crippen LogP contribution in [-0.4, -0.2) is 75.3 Å². The minimum absolute atomic E-state index is 0.345. The second-order valence-corrected chi connectivity index (χ2v) is 9.74. The average Bonchev–Trinajstić information content (AvgIpc) is 3.51. The number of nitrogens with one attached hydrogen (secondary N) is 1. The molecular weight excluding hydrogens is 410 g/mol. The lowest BCUT2D eigenvalue weighted by molar-refractivity contribution is 0.156. The van der Waals surface area contributed by atoms with E-state index >= 15 is 0 Å². The van der Waals surface area contributed by atoms with Gasteiger partial charge in [0, 0.05) is 77.1 Å². The SMILES string of the molecule is CN=C(NCc1ccccc1CN1CCN(c2ccccc2)CC1)N1CCC2(CCOC2)C1. The van der Waals surface area contributed by atoms with E-state index in [-0.39, 0.29) is 0 Å². The summed E-state index contributed by atoms with van der Waals surface area (Å²) in [7, 11) is 1.90. The largest absolute Gasteiger partial charge is 0.381 e. The molecule has 3 heterocycles. The normalized spacial score (nSPS) is 24.1. The molecule has 0 aliphatic carbocycles. The van der Waals surface area contributed by atoms with Gasteiger partial charge in [-0.2, -0.15) is 0 Å². The molecular formula is C27H37N5O. The number of benzene rings is 2. The van der Waals surface area contributed by atoms with E-state index in [0.717, 1.165) is 71.5 Å². The lowest BCUT2D eigenvalue weighted by Crippen LogP contribution is -2.46. The molecule has 2 aromatic carbocycles. The van der Waals surface area contributed by atoms with Crippen molar-refractivity contribution in [2.75, 3.05) is 64.4 Å². The van der Waals surface area contributed by atoms with E-state index in [9.17, 15) is 0 Å².